The van der Waals surface area contributed by atoms with Gasteiger partial charge in [0.15, 0.2) is 9.84 Å². The standard InChI is InChI=1S/C14H17NO4S/c1-19-12-9-11(5-6-13(12)20(2,17)18)14(15-10-16)7-3-4-8-14/h5-6,9H,3-4,7-8H2,1-2H3. The van der Waals surface area contributed by atoms with E-state index in [9.17, 15) is 13.2 Å². The Kier molecular flexibility index (Phi) is 3.97. The lowest BCUT2D eigenvalue weighted by molar-refractivity contribution is 0.397. The molecule has 0 heterocycles. The molecular formula is C14H17NO4S. The minimum Gasteiger partial charge on any atom is -0.495 e. The minimum atomic E-state index is -3.35. The third-order valence-electron chi connectivity index (χ3n) is 3.79. The second-order valence-corrected chi connectivity index (χ2v) is 7.06. The number of nitrogens with zero attached hydrogens (tertiary/aromatic N) is 1. The molecule has 0 saturated heterocycles. The summed E-state index contributed by atoms with van der Waals surface area (Å²) in [6.45, 7) is 0. The number of aliphatic imine (C=N–C) groups is 1. The predicted molar refractivity (Wildman–Crippen MR) is 74.4 cm³/mol. The van der Waals surface area contributed by atoms with Crippen LogP contribution in [0.25, 0.3) is 0 Å². The van der Waals surface area contributed by atoms with Gasteiger partial charge in [0.05, 0.1) is 12.6 Å². The SMILES string of the molecule is COc1cc(C2(N=C=O)CCCC2)ccc1S(C)(=O)=O. The van der Waals surface area contributed by atoms with E-state index in [0.717, 1.165) is 37.5 Å². The Morgan fingerprint density at radius 2 is 1.95 bits per heavy atom. The van der Waals surface area contributed by atoms with Gasteiger partial charge in [0.1, 0.15) is 10.6 Å². The first-order valence-corrected chi connectivity index (χ1v) is 8.30. The summed E-state index contributed by atoms with van der Waals surface area (Å²) < 4.78 is 28.5. The summed E-state index contributed by atoms with van der Waals surface area (Å²) in [7, 11) is -1.92. The van der Waals surface area contributed by atoms with Crippen molar-refractivity contribution in [3.8, 4) is 5.75 Å². The third-order valence-corrected chi connectivity index (χ3v) is 4.93. The molecule has 6 heteroatoms. The van der Waals surface area contributed by atoms with Crippen molar-refractivity contribution in [2.45, 2.75) is 36.1 Å². The van der Waals surface area contributed by atoms with Crippen LogP contribution in [0.1, 0.15) is 31.2 Å². The zero-order valence-corrected chi connectivity index (χ0v) is 12.4. The van der Waals surface area contributed by atoms with Crippen molar-refractivity contribution in [3.63, 3.8) is 0 Å². The van der Waals surface area contributed by atoms with Gasteiger partial charge in [-0.25, -0.2) is 13.2 Å². The maximum Gasteiger partial charge on any atom is 0.235 e. The smallest absolute Gasteiger partial charge is 0.235 e. The monoisotopic (exact) mass is 295 g/mol. The second kappa shape index (κ2) is 5.38. The molecule has 0 atom stereocenters. The molecule has 0 radical (unpaired) electrons. The molecule has 0 aromatic heterocycles. The Balaban J connectivity index is 2.57. The van der Waals surface area contributed by atoms with Crippen molar-refractivity contribution >= 4 is 15.9 Å². The second-order valence-electron chi connectivity index (χ2n) is 5.08. The topological polar surface area (TPSA) is 72.8 Å². The van der Waals surface area contributed by atoms with Crippen LogP contribution < -0.4 is 4.74 Å². The zero-order chi connectivity index (χ0) is 14.8. The molecule has 1 aromatic carbocycles. The highest BCUT2D eigenvalue weighted by Crippen LogP contribution is 2.43. The number of hydrogen-bond donors (Lipinski definition) is 0. The van der Waals surface area contributed by atoms with Crippen molar-refractivity contribution in [2.24, 2.45) is 4.99 Å². The van der Waals surface area contributed by atoms with Crippen molar-refractivity contribution in [1.82, 2.24) is 0 Å². The van der Waals surface area contributed by atoms with Crippen molar-refractivity contribution in [3.05, 3.63) is 23.8 Å². The van der Waals surface area contributed by atoms with Crippen LogP contribution in [0.5, 0.6) is 5.75 Å². The van der Waals surface area contributed by atoms with Gasteiger partial charge in [-0.2, -0.15) is 4.99 Å². The largest absolute Gasteiger partial charge is 0.495 e. The summed E-state index contributed by atoms with van der Waals surface area (Å²) in [4.78, 5) is 14.8. The Hall–Kier alpha value is -1.65. The van der Waals surface area contributed by atoms with Gasteiger partial charge < -0.3 is 4.74 Å². The number of isocyanates is 1. The van der Waals surface area contributed by atoms with Gasteiger partial charge in [0.2, 0.25) is 6.08 Å². The summed E-state index contributed by atoms with van der Waals surface area (Å²) in [6.07, 6.45) is 6.30. The predicted octanol–water partition coefficient (Wildman–Crippen LogP) is 2.20. The van der Waals surface area contributed by atoms with Crippen LogP contribution in [0.3, 0.4) is 0 Å². The summed E-state index contributed by atoms with van der Waals surface area (Å²) >= 11 is 0. The molecule has 1 saturated carbocycles. The van der Waals surface area contributed by atoms with Crippen LogP contribution in [-0.2, 0) is 20.2 Å². The molecule has 5 nitrogen and oxygen atoms in total. The van der Waals surface area contributed by atoms with E-state index in [2.05, 4.69) is 4.99 Å². The number of sulfone groups is 1. The highest BCUT2D eigenvalue weighted by Gasteiger charge is 2.36. The molecule has 1 aliphatic carbocycles. The van der Waals surface area contributed by atoms with E-state index >= 15 is 0 Å². The van der Waals surface area contributed by atoms with Gasteiger partial charge in [-0.1, -0.05) is 18.9 Å². The molecule has 0 amide bonds. The maximum absolute atomic E-state index is 11.7. The van der Waals surface area contributed by atoms with E-state index < -0.39 is 15.4 Å². The summed E-state index contributed by atoms with van der Waals surface area (Å²) in [5.74, 6) is 0.289. The van der Waals surface area contributed by atoms with Crippen LogP contribution >= 0.6 is 0 Å². The number of methoxy groups -OCH3 is 1. The maximum atomic E-state index is 11.7. The average Bonchev–Trinajstić information content (AvgIpc) is 2.87. The molecule has 0 aliphatic heterocycles. The van der Waals surface area contributed by atoms with Gasteiger partial charge in [-0.15, -0.1) is 0 Å². The third kappa shape index (κ3) is 2.62. The van der Waals surface area contributed by atoms with Gasteiger partial charge in [-0.05, 0) is 30.5 Å². The fraction of sp³-hybridized carbons (Fsp3) is 0.500. The first-order chi connectivity index (χ1) is 9.43. The lowest BCUT2D eigenvalue weighted by Gasteiger charge is -2.23. The Morgan fingerprint density at radius 1 is 1.30 bits per heavy atom. The fourth-order valence-corrected chi connectivity index (χ4v) is 3.60. The van der Waals surface area contributed by atoms with Crippen LogP contribution in [0.4, 0.5) is 0 Å². The van der Waals surface area contributed by atoms with E-state index in [1.807, 2.05) is 0 Å². The summed E-state index contributed by atoms with van der Waals surface area (Å²) in [5.41, 5.74) is 0.230. The number of carbonyl (C=O) groups excluding carboxylic acids is 1. The Labute approximate surface area is 118 Å². The number of rotatable bonds is 4. The highest BCUT2D eigenvalue weighted by atomic mass is 32.2. The normalized spacial score (nSPS) is 17.5. The average molecular weight is 295 g/mol. The highest BCUT2D eigenvalue weighted by molar-refractivity contribution is 7.90. The van der Waals surface area contributed by atoms with E-state index in [4.69, 9.17) is 4.74 Å². The van der Waals surface area contributed by atoms with E-state index in [1.54, 1.807) is 18.2 Å². The van der Waals surface area contributed by atoms with Crippen LogP contribution in [0.2, 0.25) is 0 Å². The molecule has 2 rings (SSSR count). The number of hydrogen-bond acceptors (Lipinski definition) is 5. The summed E-state index contributed by atoms with van der Waals surface area (Å²) in [5, 5.41) is 0. The quantitative estimate of drug-likeness (QED) is 0.630. The number of ether oxygens (including phenoxy) is 1. The molecule has 1 aliphatic rings. The molecule has 0 bridgehead atoms. The zero-order valence-electron chi connectivity index (χ0n) is 11.5. The van der Waals surface area contributed by atoms with Gasteiger partial charge in [0, 0.05) is 6.26 Å². The Bertz CT molecular complexity index is 654. The Morgan fingerprint density at radius 3 is 2.45 bits per heavy atom. The first kappa shape index (κ1) is 14.8. The first-order valence-electron chi connectivity index (χ1n) is 6.40. The molecule has 0 N–H and O–H groups in total. The van der Waals surface area contributed by atoms with Crippen LogP contribution in [-0.4, -0.2) is 27.9 Å². The number of benzene rings is 1. The van der Waals surface area contributed by atoms with Gasteiger partial charge in [-0.3, -0.25) is 0 Å². The fourth-order valence-electron chi connectivity index (χ4n) is 2.78. The van der Waals surface area contributed by atoms with Gasteiger partial charge >= 0.3 is 0 Å². The van der Waals surface area contributed by atoms with E-state index in [-0.39, 0.29) is 10.6 Å². The molecule has 0 unspecified atom stereocenters. The van der Waals surface area contributed by atoms with Gasteiger partial charge in [0.25, 0.3) is 0 Å². The summed E-state index contributed by atoms with van der Waals surface area (Å²) in [6, 6.07) is 4.90. The van der Waals surface area contributed by atoms with Crippen molar-refractivity contribution in [1.29, 1.82) is 0 Å². The molecule has 0 spiro atoms. The molecule has 1 aromatic rings. The van der Waals surface area contributed by atoms with E-state index in [1.165, 1.54) is 13.2 Å². The van der Waals surface area contributed by atoms with Crippen LogP contribution in [0.15, 0.2) is 28.1 Å². The van der Waals surface area contributed by atoms with Crippen molar-refractivity contribution < 1.29 is 17.9 Å². The van der Waals surface area contributed by atoms with E-state index in [0.29, 0.717) is 0 Å². The lowest BCUT2D eigenvalue weighted by Crippen LogP contribution is -2.19. The van der Waals surface area contributed by atoms with Crippen LogP contribution in [0, 0.1) is 0 Å². The molecule has 1 fully saturated rings. The minimum absolute atomic E-state index is 0.145. The molecular weight excluding hydrogens is 278 g/mol. The molecule has 20 heavy (non-hydrogen) atoms. The lowest BCUT2D eigenvalue weighted by atomic mass is 9.89. The molecule has 108 valence electrons. The van der Waals surface area contributed by atoms with Crippen molar-refractivity contribution in [2.75, 3.05) is 13.4 Å².